The minimum absolute atomic E-state index is 0.0170. The predicted molar refractivity (Wildman–Crippen MR) is 167 cm³/mol. The molecule has 2 saturated heterocycles. The van der Waals surface area contributed by atoms with Crippen LogP contribution in [0.1, 0.15) is 51.1 Å². The van der Waals surface area contributed by atoms with Crippen molar-refractivity contribution in [2.45, 2.75) is 58.8 Å². The van der Waals surface area contributed by atoms with Crippen LogP contribution in [0.2, 0.25) is 13.6 Å². The van der Waals surface area contributed by atoms with E-state index in [1.165, 1.54) is 27.9 Å². The molecule has 15 heteroatoms. The molecule has 240 valence electrons. The number of carbonyl (C=O) groups is 6. The van der Waals surface area contributed by atoms with Gasteiger partial charge < -0.3 is 29.1 Å². The monoisotopic (exact) mass is 642 g/mol. The zero-order valence-electron chi connectivity index (χ0n) is 26.1. The molecule has 4 rings (SSSR count). The summed E-state index contributed by atoms with van der Waals surface area (Å²) in [6, 6.07) is 12.5. The van der Waals surface area contributed by atoms with E-state index in [-0.39, 0.29) is 18.1 Å². The van der Waals surface area contributed by atoms with Crippen LogP contribution in [0, 0.1) is 19.8 Å². The quantitative estimate of drug-likeness (QED) is 0.150. The van der Waals surface area contributed by atoms with Gasteiger partial charge >= 0.3 is 26.0 Å². The number of ether oxygens (including phenoxy) is 2. The van der Waals surface area contributed by atoms with E-state index < -0.39 is 55.2 Å². The summed E-state index contributed by atoms with van der Waals surface area (Å²) in [5.74, 6) is -3.16. The molecule has 12 nitrogen and oxygen atoms in total. The Morgan fingerprint density at radius 1 is 0.778 bits per heavy atom. The Labute approximate surface area is 267 Å². The van der Waals surface area contributed by atoms with Crippen molar-refractivity contribution < 1.29 is 48.3 Å². The van der Waals surface area contributed by atoms with Crippen LogP contribution >= 0.6 is 11.6 Å². The molecule has 0 spiro atoms. The predicted octanol–water partition coefficient (Wildman–Crippen LogP) is 2.31. The summed E-state index contributed by atoms with van der Waals surface area (Å²) in [6.07, 6.45) is 0.740. The number of aryl methyl sites for hydroxylation is 2. The summed E-state index contributed by atoms with van der Waals surface area (Å²) < 4.78 is 9.18. The van der Waals surface area contributed by atoms with Crippen LogP contribution in [0.3, 0.4) is 0 Å². The van der Waals surface area contributed by atoms with Crippen LogP contribution in [0.5, 0.6) is 0 Å². The number of hydrogen-bond acceptors (Lipinski definition) is 10. The fourth-order valence-electron chi connectivity index (χ4n) is 4.92. The second-order valence-electron chi connectivity index (χ2n) is 10.6. The third-order valence-electron chi connectivity index (χ3n) is 7.29. The summed E-state index contributed by atoms with van der Waals surface area (Å²) in [5.41, 5.74) is 3.10. The van der Waals surface area contributed by atoms with Gasteiger partial charge in [-0.2, -0.15) is 0 Å². The van der Waals surface area contributed by atoms with E-state index >= 15 is 0 Å². The number of carbonyl (C=O) groups excluding carboxylic acids is 6. The fraction of sp³-hybridized carbons (Fsp3) is 0.400. The second-order valence-corrected chi connectivity index (χ2v) is 10.9. The van der Waals surface area contributed by atoms with E-state index in [0.29, 0.717) is 24.0 Å². The molecule has 2 amide bonds. The van der Waals surface area contributed by atoms with Crippen LogP contribution in [0.4, 0.5) is 0 Å². The van der Waals surface area contributed by atoms with Gasteiger partial charge in [0.1, 0.15) is 18.0 Å². The molecule has 2 aromatic carbocycles. The minimum Gasteiger partial charge on any atom is -0.468 e. The standard InChI is InChI=1S/C15H18BNO5.C8H7ClO.C7H12BNO4/c1-9-4-6-10(7-5-9)13(18)11-8-12(15(20)22-3)17(14(11)19)16(2)21;1-6-2-4-7(5-3-6)8(9)10;1-8(12)9-5(7(11)13-2)3-4-6(9)10/h4-7,11-12,21H,8H2,1-3H3;2-5H,1H3;5,12H,3-4H2,1-2H3/t11?,12-;;5-/m0.0/s1. The number of Topliss-reactive ketones (excluding diaryl/α,β-unsaturated/α-hetero) is 1. The molecular weight excluding hydrogens is 605 g/mol. The Bertz CT molecular complexity index is 1390. The van der Waals surface area contributed by atoms with Crippen LogP contribution in [-0.4, -0.2) is 94.9 Å². The molecule has 2 N–H and O–H groups in total. The van der Waals surface area contributed by atoms with Crippen LogP contribution in [0.25, 0.3) is 0 Å². The average molecular weight is 643 g/mol. The summed E-state index contributed by atoms with van der Waals surface area (Å²) in [4.78, 5) is 71.7. The summed E-state index contributed by atoms with van der Waals surface area (Å²) in [7, 11) is 0.388. The van der Waals surface area contributed by atoms with Gasteiger partial charge in [0.15, 0.2) is 5.78 Å². The van der Waals surface area contributed by atoms with Crippen LogP contribution in [-0.2, 0) is 28.7 Å². The van der Waals surface area contributed by atoms with E-state index in [9.17, 15) is 38.8 Å². The van der Waals surface area contributed by atoms with Crippen molar-refractivity contribution in [1.82, 2.24) is 9.62 Å². The van der Waals surface area contributed by atoms with Crippen LogP contribution < -0.4 is 0 Å². The molecule has 0 aliphatic carbocycles. The van der Waals surface area contributed by atoms with Gasteiger partial charge in [0.25, 0.3) is 5.24 Å². The fourth-order valence-corrected chi connectivity index (χ4v) is 5.05. The molecule has 45 heavy (non-hydrogen) atoms. The van der Waals surface area contributed by atoms with Gasteiger partial charge in [-0.3, -0.25) is 19.2 Å². The lowest BCUT2D eigenvalue weighted by molar-refractivity contribution is -0.147. The molecule has 2 aromatic rings. The van der Waals surface area contributed by atoms with Crippen LogP contribution in [0.15, 0.2) is 48.5 Å². The molecule has 2 aliphatic heterocycles. The molecule has 0 saturated carbocycles. The molecule has 2 aliphatic rings. The zero-order valence-corrected chi connectivity index (χ0v) is 26.8. The minimum atomic E-state index is -1.16. The van der Waals surface area contributed by atoms with Crippen molar-refractivity contribution in [3.05, 3.63) is 70.8 Å². The number of hydrogen-bond donors (Lipinski definition) is 2. The molecule has 2 fully saturated rings. The Balaban J connectivity index is 0.000000259. The molecular formula is C30H37B2ClN2O10. The lowest BCUT2D eigenvalue weighted by atomic mass is 9.84. The van der Waals surface area contributed by atoms with E-state index in [0.717, 1.165) is 20.7 Å². The number of benzene rings is 2. The molecule has 1 unspecified atom stereocenters. The highest BCUT2D eigenvalue weighted by Gasteiger charge is 2.49. The second kappa shape index (κ2) is 16.9. The topological polar surface area (TPSA) is 168 Å². The van der Waals surface area contributed by atoms with E-state index in [1.807, 2.05) is 26.0 Å². The summed E-state index contributed by atoms with van der Waals surface area (Å²) in [5, 5.41) is 18.6. The maximum absolute atomic E-state index is 12.5. The number of methoxy groups -OCH3 is 2. The lowest BCUT2D eigenvalue weighted by Crippen LogP contribution is -2.48. The van der Waals surface area contributed by atoms with Gasteiger partial charge in [0, 0.05) is 17.5 Å². The van der Waals surface area contributed by atoms with Crippen molar-refractivity contribution in [2.24, 2.45) is 5.92 Å². The SMILES string of the molecule is COC(=O)[C@@H]1CC(C(=O)c2ccc(C)cc2)C(=O)N1B(C)O.COC(=O)[C@@H]1CCC(=O)N1B(C)O.Cc1ccc(C(=O)Cl)cc1. The van der Waals surface area contributed by atoms with Crippen molar-refractivity contribution in [3.63, 3.8) is 0 Å². The largest absolute Gasteiger partial charge is 0.468 e. The third kappa shape index (κ3) is 9.74. The lowest BCUT2D eigenvalue weighted by Gasteiger charge is -2.23. The zero-order chi connectivity index (χ0) is 34.0. The van der Waals surface area contributed by atoms with Gasteiger partial charge in [0.2, 0.25) is 11.8 Å². The van der Waals surface area contributed by atoms with Gasteiger partial charge in [0.05, 0.1) is 14.2 Å². The molecule has 0 aromatic heterocycles. The molecule has 0 bridgehead atoms. The number of ketones is 1. The van der Waals surface area contributed by atoms with Crippen molar-refractivity contribution in [3.8, 4) is 0 Å². The van der Waals surface area contributed by atoms with Gasteiger partial charge in [-0.1, -0.05) is 47.5 Å². The molecule has 0 radical (unpaired) electrons. The highest BCUT2D eigenvalue weighted by molar-refractivity contribution is 6.67. The Morgan fingerprint density at radius 2 is 1.22 bits per heavy atom. The number of rotatable bonds is 7. The number of esters is 2. The Hall–Kier alpha value is -4.00. The van der Waals surface area contributed by atoms with E-state index in [1.54, 1.807) is 36.4 Å². The highest BCUT2D eigenvalue weighted by Crippen LogP contribution is 2.29. The van der Waals surface area contributed by atoms with Crippen molar-refractivity contribution in [1.29, 1.82) is 0 Å². The first kappa shape index (κ1) is 37.2. The smallest absolute Gasteiger partial charge is 0.412 e. The van der Waals surface area contributed by atoms with E-state index in [2.05, 4.69) is 9.47 Å². The normalized spacial score (nSPS) is 18.6. The Morgan fingerprint density at radius 3 is 1.64 bits per heavy atom. The molecule has 2 heterocycles. The first-order valence-electron chi connectivity index (χ1n) is 14.2. The van der Waals surface area contributed by atoms with Crippen molar-refractivity contribution in [2.75, 3.05) is 14.2 Å². The maximum atomic E-state index is 12.5. The van der Waals surface area contributed by atoms with E-state index in [4.69, 9.17) is 11.6 Å². The van der Waals surface area contributed by atoms with Crippen molar-refractivity contribution >= 4 is 60.5 Å². The average Bonchev–Trinajstić information content (AvgIpc) is 3.57. The van der Waals surface area contributed by atoms with Gasteiger partial charge in [-0.15, -0.1) is 0 Å². The number of nitrogens with zero attached hydrogens (tertiary/aromatic N) is 2. The first-order valence-corrected chi connectivity index (χ1v) is 14.5. The summed E-state index contributed by atoms with van der Waals surface area (Å²) >= 11 is 5.22. The third-order valence-corrected chi connectivity index (χ3v) is 7.50. The molecule has 3 atom stereocenters. The Kier molecular flexibility index (Phi) is 14.0. The van der Waals surface area contributed by atoms with Gasteiger partial charge in [-0.05, 0) is 64.1 Å². The summed E-state index contributed by atoms with van der Waals surface area (Å²) in [6.45, 7) is 6.70. The number of halogens is 1. The highest BCUT2D eigenvalue weighted by atomic mass is 35.5. The number of amides is 2. The first-order chi connectivity index (χ1) is 21.1. The van der Waals surface area contributed by atoms with Gasteiger partial charge in [-0.25, -0.2) is 9.59 Å². The maximum Gasteiger partial charge on any atom is 0.412 e.